The molecule has 326 valence electrons. The summed E-state index contributed by atoms with van der Waals surface area (Å²) in [5, 5.41) is 2.51. The summed E-state index contributed by atoms with van der Waals surface area (Å²) in [6.45, 7) is 4.72. The van der Waals surface area contributed by atoms with Crippen LogP contribution in [-0.4, -0.2) is 0 Å². The van der Waals surface area contributed by atoms with Crippen LogP contribution in [0.3, 0.4) is 0 Å². The van der Waals surface area contributed by atoms with Crippen molar-refractivity contribution in [1.29, 1.82) is 0 Å². The van der Waals surface area contributed by atoms with Crippen LogP contribution in [-0.2, 0) is 10.8 Å². The van der Waals surface area contributed by atoms with Crippen molar-refractivity contribution in [3.05, 3.63) is 294 Å². The predicted molar refractivity (Wildman–Crippen MR) is 290 cm³/mol. The van der Waals surface area contributed by atoms with Crippen LogP contribution >= 0.6 is 0 Å². The lowest BCUT2D eigenvalue weighted by Crippen LogP contribution is -2.28. The van der Waals surface area contributed by atoms with Crippen LogP contribution in [0.25, 0.3) is 66.4 Å². The molecule has 0 aromatic heterocycles. The molecule has 0 radical (unpaired) electrons. The average Bonchev–Trinajstić information content (AvgIpc) is 3.84. The molecule has 0 heterocycles. The second-order valence-corrected chi connectivity index (χ2v) is 19.3. The van der Waals surface area contributed by atoms with Crippen LogP contribution in [0.15, 0.2) is 261 Å². The number of hydrogen-bond donors (Lipinski definition) is 0. The summed E-state index contributed by atoms with van der Waals surface area (Å²) in [6.07, 6.45) is 0. The van der Waals surface area contributed by atoms with Crippen molar-refractivity contribution in [1.82, 2.24) is 0 Å². The Morgan fingerprint density at radius 2 is 0.710 bits per heavy atom. The second kappa shape index (κ2) is 16.1. The zero-order valence-electron chi connectivity index (χ0n) is 38.8. The van der Waals surface area contributed by atoms with Gasteiger partial charge in [0, 0.05) is 22.5 Å². The predicted octanol–water partition coefficient (Wildman–Crippen LogP) is 18.0. The Labute approximate surface area is 405 Å². The molecule has 0 N–H and O–H groups in total. The molecule has 1 heteroatoms. The quantitative estimate of drug-likeness (QED) is 0.147. The Morgan fingerprint density at radius 1 is 0.261 bits per heavy atom. The first-order chi connectivity index (χ1) is 33.9. The van der Waals surface area contributed by atoms with E-state index in [2.05, 4.69) is 280 Å². The number of hydrogen-bond acceptors (Lipinski definition) is 1. The van der Waals surface area contributed by atoms with E-state index in [0.717, 1.165) is 17.1 Å². The van der Waals surface area contributed by atoms with Crippen molar-refractivity contribution in [2.45, 2.75) is 24.7 Å². The average molecular weight is 880 g/mol. The van der Waals surface area contributed by atoms with E-state index in [1.54, 1.807) is 0 Å². The molecule has 11 aromatic rings. The third-order valence-electron chi connectivity index (χ3n) is 15.1. The maximum Gasteiger partial charge on any atom is 0.0713 e. The molecule has 0 atom stereocenters. The van der Waals surface area contributed by atoms with Crippen LogP contribution in [0.2, 0.25) is 0 Å². The molecule has 0 fully saturated rings. The zero-order chi connectivity index (χ0) is 46.1. The number of benzene rings is 11. The molecule has 69 heavy (non-hydrogen) atoms. The van der Waals surface area contributed by atoms with Crippen molar-refractivity contribution in [2.24, 2.45) is 0 Å². The van der Waals surface area contributed by atoms with Gasteiger partial charge in [-0.3, -0.25) is 0 Å². The van der Waals surface area contributed by atoms with Gasteiger partial charge in [-0.15, -0.1) is 0 Å². The topological polar surface area (TPSA) is 3.24 Å². The lowest BCUT2D eigenvalue weighted by atomic mass is 9.67. The third-order valence-corrected chi connectivity index (χ3v) is 15.1. The first-order valence-corrected chi connectivity index (χ1v) is 24.2. The highest BCUT2D eigenvalue weighted by Gasteiger charge is 2.46. The fourth-order valence-electron chi connectivity index (χ4n) is 11.8. The summed E-state index contributed by atoms with van der Waals surface area (Å²) in [6, 6.07) is 96.7. The Morgan fingerprint density at radius 3 is 1.38 bits per heavy atom. The third kappa shape index (κ3) is 6.53. The van der Waals surface area contributed by atoms with Crippen molar-refractivity contribution in [2.75, 3.05) is 4.90 Å². The summed E-state index contributed by atoms with van der Waals surface area (Å²) >= 11 is 0. The fourth-order valence-corrected chi connectivity index (χ4v) is 11.8. The Hall–Kier alpha value is -8.52. The van der Waals surface area contributed by atoms with E-state index in [-0.39, 0.29) is 5.41 Å². The van der Waals surface area contributed by atoms with Crippen molar-refractivity contribution >= 4 is 27.8 Å². The van der Waals surface area contributed by atoms with E-state index >= 15 is 0 Å². The summed E-state index contributed by atoms with van der Waals surface area (Å²) in [5.74, 6) is 0. The fraction of sp³-hybridized carbons (Fsp3) is 0.0588. The molecule has 2 aliphatic carbocycles. The van der Waals surface area contributed by atoms with E-state index in [4.69, 9.17) is 0 Å². The molecule has 0 spiro atoms. The first-order valence-electron chi connectivity index (χ1n) is 24.2. The van der Waals surface area contributed by atoms with E-state index in [0.29, 0.717) is 0 Å². The van der Waals surface area contributed by atoms with Gasteiger partial charge in [-0.2, -0.15) is 0 Å². The summed E-state index contributed by atoms with van der Waals surface area (Å²) in [7, 11) is 0. The van der Waals surface area contributed by atoms with Crippen LogP contribution in [0.1, 0.15) is 47.2 Å². The number of nitrogens with zero attached hydrogens (tertiary/aromatic N) is 1. The van der Waals surface area contributed by atoms with Gasteiger partial charge in [0.1, 0.15) is 0 Å². The highest BCUT2D eigenvalue weighted by Crippen LogP contribution is 2.57. The smallest absolute Gasteiger partial charge is 0.0713 e. The lowest BCUT2D eigenvalue weighted by Gasteiger charge is -2.34. The highest BCUT2D eigenvalue weighted by molar-refractivity contribution is 5.91. The molecule has 0 aliphatic heterocycles. The molecular formula is C68H49N. The second-order valence-electron chi connectivity index (χ2n) is 19.3. The van der Waals surface area contributed by atoms with Crippen LogP contribution < -0.4 is 4.90 Å². The Balaban J connectivity index is 0.903. The molecule has 11 aromatic carbocycles. The van der Waals surface area contributed by atoms with Crippen molar-refractivity contribution in [3.8, 4) is 55.6 Å². The van der Waals surface area contributed by atoms with Gasteiger partial charge in [-0.25, -0.2) is 0 Å². The van der Waals surface area contributed by atoms with Gasteiger partial charge in [0.15, 0.2) is 0 Å². The van der Waals surface area contributed by atoms with Crippen molar-refractivity contribution < 1.29 is 0 Å². The largest absolute Gasteiger partial charge is 0.310 e. The van der Waals surface area contributed by atoms with Gasteiger partial charge in [0.2, 0.25) is 0 Å². The van der Waals surface area contributed by atoms with Gasteiger partial charge in [-0.05, 0) is 154 Å². The normalized spacial score (nSPS) is 13.6. The molecule has 0 bridgehead atoms. The zero-order valence-corrected chi connectivity index (χ0v) is 38.8. The SMILES string of the molecule is CC1(C)c2ccccc2-c2ccc(N(c3ccc(-c4cccc(-c5ccc6ccccc6c5)c4)cc3)c3ccc(-c4ccc5c(c4)C(c4ccccc4)(c4ccccc4)c4ccccc4-5)cc3)cc21. The first kappa shape index (κ1) is 40.7. The molecule has 13 rings (SSSR count). The van der Waals surface area contributed by atoms with Crippen molar-refractivity contribution in [3.63, 3.8) is 0 Å². The Bertz CT molecular complexity index is 3690. The molecule has 2 aliphatic rings. The maximum absolute atomic E-state index is 2.45. The monoisotopic (exact) mass is 879 g/mol. The maximum atomic E-state index is 2.45. The Kier molecular flexibility index (Phi) is 9.49. The van der Waals surface area contributed by atoms with E-state index in [1.807, 2.05) is 0 Å². The summed E-state index contributed by atoms with van der Waals surface area (Å²) in [4.78, 5) is 2.42. The molecule has 0 saturated carbocycles. The van der Waals surface area contributed by atoms with E-state index in [1.165, 1.54) is 99.8 Å². The van der Waals surface area contributed by atoms with Crippen LogP contribution in [0.5, 0.6) is 0 Å². The molecule has 0 unspecified atom stereocenters. The number of rotatable bonds is 8. The lowest BCUT2D eigenvalue weighted by molar-refractivity contribution is 0.660. The number of fused-ring (bicyclic) bond motifs is 7. The van der Waals surface area contributed by atoms with Gasteiger partial charge in [-0.1, -0.05) is 220 Å². The van der Waals surface area contributed by atoms with Gasteiger partial charge in [0.05, 0.1) is 5.41 Å². The molecule has 1 nitrogen and oxygen atoms in total. The van der Waals surface area contributed by atoms with Gasteiger partial charge < -0.3 is 4.90 Å². The van der Waals surface area contributed by atoms with Gasteiger partial charge >= 0.3 is 0 Å². The minimum absolute atomic E-state index is 0.126. The van der Waals surface area contributed by atoms with Crippen LogP contribution in [0, 0.1) is 0 Å². The standard InChI is InChI=1S/C68H49N/c1-67(2)63-26-13-11-24-59(63)61-41-39-58(45-65(61)67)69(56-35-30-47(31-36-56)50-18-15-19-51(42-50)52-29-28-46-16-9-10-17-49(46)43-52)57-37-32-48(33-38-57)53-34-40-62-60-25-12-14-27-64(60)68(66(62)44-53,54-20-5-3-6-21-54)55-22-7-4-8-23-55/h3-45H,1-2H3. The minimum Gasteiger partial charge on any atom is -0.310 e. The molecular weight excluding hydrogens is 831 g/mol. The summed E-state index contributed by atoms with van der Waals surface area (Å²) in [5.41, 5.74) is 23.1. The minimum atomic E-state index is -0.452. The molecule has 0 amide bonds. The van der Waals surface area contributed by atoms with Crippen LogP contribution in [0.4, 0.5) is 17.1 Å². The summed E-state index contributed by atoms with van der Waals surface area (Å²) < 4.78 is 0. The number of anilines is 3. The van der Waals surface area contributed by atoms with E-state index < -0.39 is 5.41 Å². The highest BCUT2D eigenvalue weighted by atomic mass is 15.1. The molecule has 0 saturated heterocycles. The van der Waals surface area contributed by atoms with E-state index in [9.17, 15) is 0 Å². The van der Waals surface area contributed by atoms with Gasteiger partial charge in [0.25, 0.3) is 0 Å².